The largest absolute Gasteiger partial charge is 0.478 e. The van der Waals surface area contributed by atoms with Gasteiger partial charge in [-0.2, -0.15) is 0 Å². The van der Waals surface area contributed by atoms with Crippen molar-refractivity contribution in [3.63, 3.8) is 0 Å². The number of carbonyl (C=O) groups is 1. The molecule has 1 heterocycles. The smallest absolute Gasteiger partial charge is 0.327 e. The number of carboxylic acids is 1. The third-order valence-corrected chi connectivity index (χ3v) is 3.05. The van der Waals surface area contributed by atoms with Crippen LogP contribution in [-0.4, -0.2) is 52.0 Å². The van der Waals surface area contributed by atoms with Crippen LogP contribution in [0, 0.1) is 0 Å². The minimum Gasteiger partial charge on any atom is -0.478 e. The Labute approximate surface area is 112 Å². The first-order valence-corrected chi connectivity index (χ1v) is 6.46. The predicted octanol–water partition coefficient (Wildman–Crippen LogP) is 0.669. The minimum atomic E-state index is -0.970. The van der Waals surface area contributed by atoms with Crippen molar-refractivity contribution in [2.75, 3.05) is 0 Å². The van der Waals surface area contributed by atoms with Gasteiger partial charge in [0.25, 0.3) is 0 Å². The molecule has 1 aliphatic heterocycles. The molecular formula is C13H22O6. The number of ether oxygens (including phenoxy) is 2. The molecule has 6 nitrogen and oxygen atoms in total. The Morgan fingerprint density at radius 2 is 2.16 bits per heavy atom. The molecule has 110 valence electrons. The van der Waals surface area contributed by atoms with Crippen LogP contribution in [0.15, 0.2) is 12.2 Å². The van der Waals surface area contributed by atoms with Gasteiger partial charge in [0.05, 0.1) is 18.3 Å². The lowest BCUT2D eigenvalue weighted by Crippen LogP contribution is -2.48. The van der Waals surface area contributed by atoms with Crippen molar-refractivity contribution in [1.82, 2.24) is 0 Å². The normalized spacial score (nSPS) is 33.5. The van der Waals surface area contributed by atoms with Gasteiger partial charge in [0.15, 0.2) is 6.29 Å². The van der Waals surface area contributed by atoms with E-state index in [-0.39, 0.29) is 18.6 Å². The summed E-state index contributed by atoms with van der Waals surface area (Å²) in [6.07, 6.45) is 1.31. The highest BCUT2D eigenvalue weighted by molar-refractivity contribution is 5.79. The van der Waals surface area contributed by atoms with Crippen molar-refractivity contribution >= 4 is 5.97 Å². The van der Waals surface area contributed by atoms with Gasteiger partial charge in [-0.25, -0.2) is 4.79 Å². The van der Waals surface area contributed by atoms with E-state index in [1.165, 1.54) is 0 Å². The van der Waals surface area contributed by atoms with Crippen molar-refractivity contribution in [2.45, 2.75) is 63.8 Å². The summed E-state index contributed by atoms with van der Waals surface area (Å²) in [4.78, 5) is 10.3. The highest BCUT2D eigenvalue weighted by atomic mass is 16.7. The van der Waals surface area contributed by atoms with Crippen LogP contribution in [0.2, 0.25) is 0 Å². The van der Waals surface area contributed by atoms with Gasteiger partial charge in [0.1, 0.15) is 6.10 Å². The molecule has 6 heteroatoms. The standard InChI is InChI=1S/C13H22O6/c1-8(5-3-4-6-12(16)17)18-13-11(15)7-10(14)9(2)19-13/h4,6,8-11,13-15H,3,5,7H2,1-2H3,(H,16,17). The Morgan fingerprint density at radius 1 is 1.47 bits per heavy atom. The second-order valence-corrected chi connectivity index (χ2v) is 4.84. The minimum absolute atomic E-state index is 0.166. The number of aliphatic hydroxyl groups is 2. The maximum Gasteiger partial charge on any atom is 0.327 e. The average Bonchev–Trinajstić information content (AvgIpc) is 2.31. The fraction of sp³-hybridized carbons (Fsp3) is 0.769. The molecule has 0 aromatic rings. The number of hydrogen-bond acceptors (Lipinski definition) is 5. The second-order valence-electron chi connectivity index (χ2n) is 4.84. The molecule has 5 atom stereocenters. The van der Waals surface area contributed by atoms with Gasteiger partial charge in [-0.15, -0.1) is 0 Å². The quantitative estimate of drug-likeness (QED) is 0.616. The zero-order chi connectivity index (χ0) is 14.4. The summed E-state index contributed by atoms with van der Waals surface area (Å²) in [5, 5.41) is 27.7. The van der Waals surface area contributed by atoms with E-state index < -0.39 is 24.5 Å². The topological polar surface area (TPSA) is 96.2 Å². The van der Waals surface area contributed by atoms with Gasteiger partial charge < -0.3 is 24.8 Å². The lowest BCUT2D eigenvalue weighted by Gasteiger charge is -2.36. The molecule has 3 N–H and O–H groups in total. The summed E-state index contributed by atoms with van der Waals surface area (Å²) in [6, 6.07) is 0. The van der Waals surface area contributed by atoms with Crippen molar-refractivity contribution in [2.24, 2.45) is 0 Å². The van der Waals surface area contributed by atoms with Crippen LogP contribution >= 0.6 is 0 Å². The molecule has 1 aliphatic rings. The van der Waals surface area contributed by atoms with E-state index in [2.05, 4.69) is 0 Å². The summed E-state index contributed by atoms with van der Waals surface area (Å²) >= 11 is 0. The van der Waals surface area contributed by atoms with E-state index in [1.54, 1.807) is 13.0 Å². The molecule has 0 bridgehead atoms. The predicted molar refractivity (Wildman–Crippen MR) is 67.5 cm³/mol. The molecule has 0 radical (unpaired) electrons. The molecular weight excluding hydrogens is 252 g/mol. The monoisotopic (exact) mass is 274 g/mol. The highest BCUT2D eigenvalue weighted by Gasteiger charge is 2.35. The summed E-state index contributed by atoms with van der Waals surface area (Å²) in [5.41, 5.74) is 0. The Balaban J connectivity index is 2.31. The lowest BCUT2D eigenvalue weighted by atomic mass is 10.0. The highest BCUT2D eigenvalue weighted by Crippen LogP contribution is 2.22. The molecule has 1 saturated heterocycles. The number of allylic oxidation sites excluding steroid dienone is 1. The van der Waals surface area contributed by atoms with E-state index in [9.17, 15) is 15.0 Å². The Bertz CT molecular complexity index is 316. The van der Waals surface area contributed by atoms with E-state index in [0.29, 0.717) is 12.8 Å². The summed E-state index contributed by atoms with van der Waals surface area (Å²) < 4.78 is 11.0. The molecule has 1 fully saturated rings. The maximum absolute atomic E-state index is 10.3. The number of carboxylic acid groups (broad SMARTS) is 1. The van der Waals surface area contributed by atoms with Gasteiger partial charge in [0.2, 0.25) is 0 Å². The van der Waals surface area contributed by atoms with E-state index in [1.807, 2.05) is 6.92 Å². The molecule has 1 rings (SSSR count). The van der Waals surface area contributed by atoms with Gasteiger partial charge >= 0.3 is 5.97 Å². The summed E-state index contributed by atoms with van der Waals surface area (Å²) in [5.74, 6) is -0.970. The fourth-order valence-electron chi connectivity index (χ4n) is 1.88. The fourth-order valence-corrected chi connectivity index (χ4v) is 1.88. The van der Waals surface area contributed by atoms with Crippen molar-refractivity contribution in [3.8, 4) is 0 Å². The number of rotatable bonds is 6. The van der Waals surface area contributed by atoms with E-state index in [0.717, 1.165) is 6.08 Å². The van der Waals surface area contributed by atoms with Crippen LogP contribution in [0.4, 0.5) is 0 Å². The molecule has 0 amide bonds. The van der Waals surface area contributed by atoms with Crippen LogP contribution in [0.1, 0.15) is 33.1 Å². The molecule has 0 saturated carbocycles. The number of aliphatic carboxylic acids is 1. The lowest BCUT2D eigenvalue weighted by molar-refractivity contribution is -0.273. The average molecular weight is 274 g/mol. The van der Waals surface area contributed by atoms with Crippen molar-refractivity contribution < 1.29 is 29.6 Å². The zero-order valence-corrected chi connectivity index (χ0v) is 11.2. The van der Waals surface area contributed by atoms with Gasteiger partial charge in [0, 0.05) is 12.5 Å². The Hall–Kier alpha value is -0.950. The van der Waals surface area contributed by atoms with Crippen LogP contribution in [0.25, 0.3) is 0 Å². The van der Waals surface area contributed by atoms with Gasteiger partial charge in [-0.3, -0.25) is 0 Å². The Morgan fingerprint density at radius 3 is 2.79 bits per heavy atom. The van der Waals surface area contributed by atoms with Crippen molar-refractivity contribution in [1.29, 1.82) is 0 Å². The van der Waals surface area contributed by atoms with Crippen LogP contribution in [0.3, 0.4) is 0 Å². The third kappa shape index (κ3) is 5.69. The first kappa shape index (κ1) is 16.1. The van der Waals surface area contributed by atoms with Crippen LogP contribution in [-0.2, 0) is 14.3 Å². The SMILES string of the molecule is CC(CCC=CC(=O)O)OC1OC(C)C(O)CC1O. The molecule has 19 heavy (non-hydrogen) atoms. The second kappa shape index (κ2) is 7.59. The first-order valence-electron chi connectivity index (χ1n) is 6.46. The van der Waals surface area contributed by atoms with Crippen LogP contribution < -0.4 is 0 Å². The zero-order valence-electron chi connectivity index (χ0n) is 11.2. The molecule has 0 aromatic carbocycles. The first-order chi connectivity index (χ1) is 8.90. The van der Waals surface area contributed by atoms with E-state index in [4.69, 9.17) is 14.6 Å². The number of aliphatic hydroxyl groups excluding tert-OH is 2. The maximum atomic E-state index is 10.3. The molecule has 5 unspecified atom stereocenters. The summed E-state index contributed by atoms with van der Waals surface area (Å²) in [6.45, 7) is 3.56. The van der Waals surface area contributed by atoms with Gasteiger partial charge in [-0.1, -0.05) is 6.08 Å². The van der Waals surface area contributed by atoms with Crippen molar-refractivity contribution in [3.05, 3.63) is 12.2 Å². The third-order valence-electron chi connectivity index (χ3n) is 3.05. The molecule has 0 aliphatic carbocycles. The molecule has 0 spiro atoms. The van der Waals surface area contributed by atoms with Gasteiger partial charge in [-0.05, 0) is 26.7 Å². The summed E-state index contributed by atoms with van der Waals surface area (Å²) in [7, 11) is 0. The van der Waals surface area contributed by atoms with E-state index >= 15 is 0 Å². The Kier molecular flexibility index (Phi) is 6.44. The molecule has 0 aromatic heterocycles. The van der Waals surface area contributed by atoms with Crippen LogP contribution in [0.5, 0.6) is 0 Å². The number of hydrogen-bond donors (Lipinski definition) is 3.